The normalized spacial score (nSPS) is 14.8. The Morgan fingerprint density at radius 1 is 0.264 bits per heavy atom. The lowest BCUT2D eigenvalue weighted by atomic mass is 9.65. The zero-order valence-corrected chi connectivity index (χ0v) is 47.4. The molecule has 0 amide bonds. The minimum Gasteiger partial charge on any atom is -0.309 e. The number of fused-ring (bicyclic) bond motifs is 20. The van der Waals surface area contributed by atoms with Gasteiger partial charge in [-0.25, -0.2) is 0 Å². The molecule has 404 valence electrons. The summed E-state index contributed by atoms with van der Waals surface area (Å²) in [7, 11) is 0. The van der Waals surface area contributed by atoms with Crippen molar-refractivity contribution < 1.29 is 0 Å². The lowest BCUT2D eigenvalue weighted by molar-refractivity contribution is 0.748. The third kappa shape index (κ3) is 6.34. The van der Waals surface area contributed by atoms with Crippen LogP contribution in [0.15, 0.2) is 322 Å². The van der Waals surface area contributed by atoms with Crippen molar-refractivity contribution >= 4 is 71.4 Å². The van der Waals surface area contributed by atoms with E-state index in [4.69, 9.17) is 0 Å². The number of hydrogen-bond acceptors (Lipinski definition) is 1. The molecule has 3 heterocycles. The zero-order chi connectivity index (χ0) is 57.0. The van der Waals surface area contributed by atoms with Gasteiger partial charge in [-0.3, -0.25) is 0 Å². The molecule has 19 rings (SSSR count). The number of nitrogens with zero attached hydrogens (tertiary/aromatic N) is 3. The maximum Gasteiger partial charge on any atom is 0.0755 e. The third-order valence-corrected chi connectivity index (χ3v) is 19.8. The first-order chi connectivity index (χ1) is 43.2. The molecule has 1 aliphatic heterocycles. The molecule has 0 saturated heterocycles. The molecule has 1 atom stereocenters. The quantitative estimate of drug-likeness (QED) is 0.155. The van der Waals surface area contributed by atoms with E-state index in [0.29, 0.717) is 0 Å². The summed E-state index contributed by atoms with van der Waals surface area (Å²) in [5.74, 6) is 0. The number of benzene rings is 14. The highest BCUT2D eigenvalue weighted by Crippen LogP contribution is 2.65. The van der Waals surface area contributed by atoms with Gasteiger partial charge in [0.2, 0.25) is 0 Å². The van der Waals surface area contributed by atoms with Gasteiger partial charge >= 0.3 is 0 Å². The van der Waals surface area contributed by atoms with Crippen LogP contribution in [0.3, 0.4) is 0 Å². The van der Waals surface area contributed by atoms with E-state index >= 15 is 0 Å². The molecule has 0 radical (unpaired) electrons. The van der Waals surface area contributed by atoms with E-state index in [-0.39, 0.29) is 0 Å². The number of rotatable bonds is 7. The Hall–Kier alpha value is -11.3. The van der Waals surface area contributed by atoms with E-state index in [9.17, 15) is 0 Å². The fourth-order valence-electron chi connectivity index (χ4n) is 16.5. The van der Waals surface area contributed by atoms with E-state index in [1.165, 1.54) is 127 Å². The number of aromatic nitrogens is 2. The van der Waals surface area contributed by atoms with Crippen LogP contribution in [0.5, 0.6) is 0 Å². The van der Waals surface area contributed by atoms with Gasteiger partial charge in [-0.2, -0.15) is 0 Å². The minimum absolute atomic E-state index is 0.633. The molecule has 1 spiro atoms. The van der Waals surface area contributed by atoms with Crippen LogP contribution in [0, 0.1) is 0 Å². The molecule has 0 fully saturated rings. The van der Waals surface area contributed by atoms with Gasteiger partial charge in [-0.05, 0) is 138 Å². The summed E-state index contributed by atoms with van der Waals surface area (Å²) in [6, 6.07) is 121. The van der Waals surface area contributed by atoms with Crippen molar-refractivity contribution in [3.05, 3.63) is 366 Å². The van der Waals surface area contributed by atoms with E-state index < -0.39 is 10.8 Å². The lowest BCUT2D eigenvalue weighted by Gasteiger charge is -2.40. The molecule has 0 N–H and O–H groups in total. The summed E-state index contributed by atoms with van der Waals surface area (Å²) < 4.78 is 4.93. The fraction of sp³-hybridized carbons (Fsp3) is 0.0238. The van der Waals surface area contributed by atoms with E-state index in [1.54, 1.807) is 0 Å². The maximum atomic E-state index is 2.61. The highest BCUT2D eigenvalue weighted by molar-refractivity contribution is 6.15. The molecule has 2 aromatic heterocycles. The molecule has 16 aromatic rings. The second-order valence-corrected chi connectivity index (χ2v) is 23.8. The van der Waals surface area contributed by atoms with Gasteiger partial charge in [0.05, 0.1) is 50.0 Å². The van der Waals surface area contributed by atoms with Crippen molar-refractivity contribution in [2.45, 2.75) is 10.8 Å². The SMILES string of the molecule is c1ccc(C2(c3ccccc3)c3ccccc3-c3c2cc(N(c2ccc(-c4ccc(-n5c6ccccc6c6ccccc65)cc4)cc2)c2cccc4c2-c2ccccc2C42c4ccccc4-n4c5ccccc5c5cccc2c54)c2ccccc32)cc1. The second-order valence-electron chi connectivity index (χ2n) is 23.8. The van der Waals surface area contributed by atoms with Gasteiger partial charge in [0.15, 0.2) is 0 Å². The predicted octanol–water partition coefficient (Wildman–Crippen LogP) is 21.2. The molecular formula is C84H53N3. The average Bonchev–Trinajstić information content (AvgIpc) is 1.56. The van der Waals surface area contributed by atoms with Gasteiger partial charge in [-0.15, -0.1) is 0 Å². The van der Waals surface area contributed by atoms with Crippen LogP contribution < -0.4 is 4.90 Å². The molecule has 87 heavy (non-hydrogen) atoms. The van der Waals surface area contributed by atoms with Crippen LogP contribution in [0.2, 0.25) is 0 Å². The number of para-hydroxylation sites is 5. The molecule has 14 aromatic carbocycles. The molecule has 0 bridgehead atoms. The summed E-state index contributed by atoms with van der Waals surface area (Å²) in [6.45, 7) is 0. The molecule has 2 aliphatic carbocycles. The van der Waals surface area contributed by atoms with Gasteiger partial charge in [0.1, 0.15) is 0 Å². The highest BCUT2D eigenvalue weighted by Gasteiger charge is 2.52. The summed E-state index contributed by atoms with van der Waals surface area (Å²) in [5.41, 5.74) is 26.8. The second kappa shape index (κ2) is 18.1. The predicted molar refractivity (Wildman–Crippen MR) is 361 cm³/mol. The standard InChI is InChI=1S/C84H53N3/c1-3-23-56(24-4-1)83(57-25-5-2-6-26-57)68-35-14-9-32-66(68)80-64-31-8-7-29-62(64)79(53-73(80)83)86(59-51-47-55(48-52-59)54-45-49-58(50-46-54)85-74-40-17-11-27-60(74)61-28-12-18-41-75(61)85)78-44-22-38-71-81(78)67-33-10-15-36-69(67)84(71)70-37-16-20-43-77(70)87-76-42-19-13-30-63(76)65-34-21-39-72(84)82(65)87/h1-53H. The van der Waals surface area contributed by atoms with E-state index in [2.05, 4.69) is 336 Å². The van der Waals surface area contributed by atoms with Gasteiger partial charge in [0.25, 0.3) is 0 Å². The van der Waals surface area contributed by atoms with Crippen molar-refractivity contribution in [1.82, 2.24) is 9.13 Å². The molecule has 3 heteroatoms. The first-order valence-corrected chi connectivity index (χ1v) is 30.3. The smallest absolute Gasteiger partial charge is 0.0755 e. The molecule has 1 unspecified atom stereocenters. The van der Waals surface area contributed by atoms with Crippen LogP contribution in [-0.2, 0) is 10.8 Å². The van der Waals surface area contributed by atoms with Crippen LogP contribution in [-0.4, -0.2) is 9.13 Å². The Morgan fingerprint density at radius 2 is 0.724 bits per heavy atom. The van der Waals surface area contributed by atoms with E-state index in [1.807, 2.05) is 0 Å². The lowest BCUT2D eigenvalue weighted by Crippen LogP contribution is -2.33. The Balaban J connectivity index is 0.880. The Labute approximate surface area is 504 Å². The minimum atomic E-state index is -0.638. The Bertz CT molecular complexity index is 5420. The summed E-state index contributed by atoms with van der Waals surface area (Å²) >= 11 is 0. The number of anilines is 3. The van der Waals surface area contributed by atoms with Gasteiger partial charge < -0.3 is 14.0 Å². The first kappa shape index (κ1) is 48.1. The van der Waals surface area contributed by atoms with Crippen molar-refractivity contribution in [2.75, 3.05) is 4.90 Å². The average molecular weight is 1100 g/mol. The van der Waals surface area contributed by atoms with Crippen LogP contribution >= 0.6 is 0 Å². The van der Waals surface area contributed by atoms with Crippen molar-refractivity contribution in [2.24, 2.45) is 0 Å². The first-order valence-electron chi connectivity index (χ1n) is 30.3. The summed E-state index contributed by atoms with van der Waals surface area (Å²) in [6.07, 6.45) is 0. The highest BCUT2D eigenvalue weighted by atomic mass is 15.1. The monoisotopic (exact) mass is 1100 g/mol. The summed E-state index contributed by atoms with van der Waals surface area (Å²) in [5, 5.41) is 7.47. The van der Waals surface area contributed by atoms with Crippen LogP contribution in [0.4, 0.5) is 17.1 Å². The summed E-state index contributed by atoms with van der Waals surface area (Å²) in [4.78, 5) is 2.61. The molecule has 3 nitrogen and oxygen atoms in total. The molecule has 3 aliphatic rings. The third-order valence-electron chi connectivity index (χ3n) is 19.8. The topological polar surface area (TPSA) is 13.1 Å². The fourth-order valence-corrected chi connectivity index (χ4v) is 16.5. The largest absolute Gasteiger partial charge is 0.309 e. The van der Waals surface area contributed by atoms with Crippen molar-refractivity contribution in [3.8, 4) is 44.8 Å². The van der Waals surface area contributed by atoms with Crippen LogP contribution in [0.1, 0.15) is 44.5 Å². The van der Waals surface area contributed by atoms with Crippen molar-refractivity contribution in [3.63, 3.8) is 0 Å². The van der Waals surface area contributed by atoms with Gasteiger partial charge in [-0.1, -0.05) is 261 Å². The van der Waals surface area contributed by atoms with Crippen molar-refractivity contribution in [1.29, 1.82) is 0 Å². The van der Waals surface area contributed by atoms with Crippen LogP contribution in [0.25, 0.3) is 99.1 Å². The maximum absolute atomic E-state index is 2.61. The zero-order valence-electron chi connectivity index (χ0n) is 47.4. The molecular weight excluding hydrogens is 1050 g/mol. The molecule has 0 saturated carbocycles. The van der Waals surface area contributed by atoms with E-state index in [0.717, 1.165) is 33.9 Å². The number of hydrogen-bond donors (Lipinski definition) is 0. The van der Waals surface area contributed by atoms with Gasteiger partial charge in [0, 0.05) is 43.9 Å². The Kier molecular flexibility index (Phi) is 10.0. The Morgan fingerprint density at radius 3 is 1.38 bits per heavy atom.